The smallest absolute Gasteiger partial charge is 0.192 e. The summed E-state index contributed by atoms with van der Waals surface area (Å²) in [5.74, 6) is 0.834. The molecule has 3 rings (SSSR count). The first-order valence-electron chi connectivity index (χ1n) is 8.19. The number of benzene rings is 1. The molecule has 5 nitrogen and oxygen atoms in total. The van der Waals surface area contributed by atoms with Gasteiger partial charge in [0.05, 0.1) is 12.6 Å². The predicted octanol–water partition coefficient (Wildman–Crippen LogP) is 4.17. The molecular weight excluding hydrogens is 330 g/mol. The molecule has 25 heavy (non-hydrogen) atoms. The van der Waals surface area contributed by atoms with Crippen LogP contribution in [0.4, 0.5) is 0 Å². The Morgan fingerprint density at radius 3 is 2.60 bits per heavy atom. The summed E-state index contributed by atoms with van der Waals surface area (Å²) in [5, 5.41) is 18.8. The SMILES string of the molecule is C[C@@H](CCC#N)Sc1nnc(-c2ccncc2)n1Cc1ccccc1. The molecule has 0 aliphatic rings. The molecule has 0 N–H and O–H groups in total. The second kappa shape index (κ2) is 8.45. The fourth-order valence-corrected chi connectivity index (χ4v) is 3.47. The van der Waals surface area contributed by atoms with Gasteiger partial charge in [-0.25, -0.2) is 0 Å². The van der Waals surface area contributed by atoms with Gasteiger partial charge in [-0.1, -0.05) is 49.0 Å². The lowest BCUT2D eigenvalue weighted by Crippen LogP contribution is -2.06. The van der Waals surface area contributed by atoms with Crippen LogP contribution >= 0.6 is 11.8 Å². The number of nitrogens with zero attached hydrogens (tertiary/aromatic N) is 5. The molecule has 0 amide bonds. The molecule has 0 bridgehead atoms. The van der Waals surface area contributed by atoms with Crippen molar-refractivity contribution >= 4 is 11.8 Å². The topological polar surface area (TPSA) is 67.4 Å². The third-order valence-corrected chi connectivity index (χ3v) is 4.96. The van der Waals surface area contributed by atoms with Gasteiger partial charge in [0.1, 0.15) is 0 Å². The lowest BCUT2D eigenvalue weighted by molar-refractivity contribution is 0.709. The number of nitriles is 1. The highest BCUT2D eigenvalue weighted by Crippen LogP contribution is 2.29. The molecule has 1 aromatic carbocycles. The van der Waals surface area contributed by atoms with Gasteiger partial charge in [-0.15, -0.1) is 10.2 Å². The van der Waals surface area contributed by atoms with Gasteiger partial charge in [-0.3, -0.25) is 9.55 Å². The normalized spacial score (nSPS) is 11.8. The molecule has 0 unspecified atom stereocenters. The molecule has 2 aromatic heterocycles. The number of pyridine rings is 1. The van der Waals surface area contributed by atoms with Gasteiger partial charge in [0.2, 0.25) is 0 Å². The first-order valence-corrected chi connectivity index (χ1v) is 9.07. The van der Waals surface area contributed by atoms with E-state index >= 15 is 0 Å². The van der Waals surface area contributed by atoms with Gasteiger partial charge in [0.15, 0.2) is 11.0 Å². The Morgan fingerprint density at radius 1 is 1.12 bits per heavy atom. The molecule has 126 valence electrons. The van der Waals surface area contributed by atoms with Crippen LogP contribution in [0.2, 0.25) is 0 Å². The molecule has 2 heterocycles. The summed E-state index contributed by atoms with van der Waals surface area (Å²) in [6, 6.07) is 16.4. The number of rotatable bonds is 7. The van der Waals surface area contributed by atoms with Gasteiger partial charge in [0.25, 0.3) is 0 Å². The Balaban J connectivity index is 1.92. The summed E-state index contributed by atoms with van der Waals surface area (Å²) >= 11 is 1.67. The van der Waals surface area contributed by atoms with E-state index in [0.29, 0.717) is 18.2 Å². The van der Waals surface area contributed by atoms with Crippen LogP contribution in [0, 0.1) is 11.3 Å². The Kier molecular flexibility index (Phi) is 5.81. The van der Waals surface area contributed by atoms with Gasteiger partial charge in [-0.2, -0.15) is 5.26 Å². The van der Waals surface area contributed by atoms with E-state index < -0.39 is 0 Å². The molecule has 0 saturated heterocycles. The number of hydrogen-bond acceptors (Lipinski definition) is 5. The maximum atomic E-state index is 8.79. The molecule has 0 saturated carbocycles. The van der Waals surface area contributed by atoms with E-state index in [1.165, 1.54) is 5.56 Å². The first kappa shape index (κ1) is 17.2. The van der Waals surface area contributed by atoms with E-state index in [-0.39, 0.29) is 0 Å². The largest absolute Gasteiger partial charge is 0.298 e. The van der Waals surface area contributed by atoms with Crippen LogP contribution in [-0.4, -0.2) is 25.0 Å². The molecule has 6 heteroatoms. The van der Waals surface area contributed by atoms with E-state index in [1.54, 1.807) is 24.2 Å². The predicted molar refractivity (Wildman–Crippen MR) is 99.0 cm³/mol. The summed E-state index contributed by atoms with van der Waals surface area (Å²) in [6.07, 6.45) is 4.92. The molecular formula is C19H19N5S. The van der Waals surface area contributed by atoms with Gasteiger partial charge >= 0.3 is 0 Å². The van der Waals surface area contributed by atoms with Crippen molar-refractivity contribution in [3.05, 3.63) is 60.4 Å². The highest BCUT2D eigenvalue weighted by Gasteiger charge is 2.17. The average Bonchev–Trinajstić information content (AvgIpc) is 3.04. The van der Waals surface area contributed by atoms with Crippen molar-refractivity contribution in [2.45, 2.75) is 36.7 Å². The minimum absolute atomic E-state index is 0.309. The van der Waals surface area contributed by atoms with Gasteiger partial charge in [0, 0.05) is 29.6 Å². The minimum atomic E-state index is 0.309. The van der Waals surface area contributed by atoms with Crippen LogP contribution in [0.1, 0.15) is 25.3 Å². The van der Waals surface area contributed by atoms with E-state index in [1.807, 2.05) is 30.3 Å². The summed E-state index contributed by atoms with van der Waals surface area (Å²) in [6.45, 7) is 2.83. The van der Waals surface area contributed by atoms with Crippen LogP contribution in [-0.2, 0) is 6.54 Å². The molecule has 0 aliphatic carbocycles. The average molecular weight is 349 g/mol. The highest BCUT2D eigenvalue weighted by molar-refractivity contribution is 7.99. The van der Waals surface area contributed by atoms with Crippen molar-refractivity contribution in [3.8, 4) is 17.5 Å². The summed E-state index contributed by atoms with van der Waals surface area (Å²) in [7, 11) is 0. The van der Waals surface area contributed by atoms with Crippen molar-refractivity contribution in [2.24, 2.45) is 0 Å². The molecule has 0 spiro atoms. The van der Waals surface area contributed by atoms with E-state index in [0.717, 1.165) is 23.0 Å². The van der Waals surface area contributed by atoms with Crippen LogP contribution in [0.5, 0.6) is 0 Å². The summed E-state index contributed by atoms with van der Waals surface area (Å²) < 4.78 is 2.14. The van der Waals surface area contributed by atoms with E-state index in [9.17, 15) is 0 Å². The van der Waals surface area contributed by atoms with Crippen molar-refractivity contribution < 1.29 is 0 Å². The fourth-order valence-electron chi connectivity index (χ4n) is 2.51. The Hall–Kier alpha value is -2.65. The third kappa shape index (κ3) is 4.46. The summed E-state index contributed by atoms with van der Waals surface area (Å²) in [4.78, 5) is 4.08. The first-order chi connectivity index (χ1) is 12.3. The van der Waals surface area contributed by atoms with Crippen LogP contribution in [0.15, 0.2) is 60.0 Å². The van der Waals surface area contributed by atoms with Gasteiger partial charge in [-0.05, 0) is 24.1 Å². The second-order valence-electron chi connectivity index (χ2n) is 5.74. The van der Waals surface area contributed by atoms with Crippen LogP contribution < -0.4 is 0 Å². The zero-order chi connectivity index (χ0) is 17.5. The number of thioether (sulfide) groups is 1. The minimum Gasteiger partial charge on any atom is -0.298 e. The Labute approximate surface area is 151 Å². The lowest BCUT2D eigenvalue weighted by Gasteiger charge is -2.13. The highest BCUT2D eigenvalue weighted by atomic mass is 32.2. The maximum Gasteiger partial charge on any atom is 0.192 e. The molecule has 1 atom stereocenters. The quantitative estimate of drug-likeness (QED) is 0.599. The van der Waals surface area contributed by atoms with Crippen molar-refractivity contribution in [1.82, 2.24) is 19.7 Å². The lowest BCUT2D eigenvalue weighted by atomic mass is 10.2. The zero-order valence-corrected chi connectivity index (χ0v) is 14.9. The van der Waals surface area contributed by atoms with Crippen molar-refractivity contribution in [3.63, 3.8) is 0 Å². The standard InChI is InChI=1S/C19H19N5S/c1-15(6-5-11-20)25-19-23-22-18(17-9-12-21-13-10-17)24(19)14-16-7-3-2-4-8-16/h2-4,7-10,12-13,15H,5-6,14H2,1H3/t15-/m0/s1. The zero-order valence-electron chi connectivity index (χ0n) is 14.0. The van der Waals surface area contributed by atoms with E-state index in [2.05, 4.69) is 44.9 Å². The van der Waals surface area contributed by atoms with Crippen molar-refractivity contribution in [2.75, 3.05) is 0 Å². The van der Waals surface area contributed by atoms with Crippen LogP contribution in [0.25, 0.3) is 11.4 Å². The second-order valence-corrected chi connectivity index (χ2v) is 7.14. The third-order valence-electron chi connectivity index (χ3n) is 3.81. The number of hydrogen-bond donors (Lipinski definition) is 0. The maximum absolute atomic E-state index is 8.79. The monoisotopic (exact) mass is 349 g/mol. The molecule has 0 fully saturated rings. The summed E-state index contributed by atoms with van der Waals surface area (Å²) in [5.41, 5.74) is 2.19. The van der Waals surface area contributed by atoms with Gasteiger partial charge < -0.3 is 0 Å². The Bertz CT molecular complexity index is 839. The fraction of sp³-hybridized carbons (Fsp3) is 0.263. The number of aromatic nitrogens is 4. The molecule has 0 aliphatic heterocycles. The van der Waals surface area contributed by atoms with Crippen LogP contribution in [0.3, 0.4) is 0 Å². The molecule has 0 radical (unpaired) electrons. The van der Waals surface area contributed by atoms with E-state index in [4.69, 9.17) is 5.26 Å². The Morgan fingerprint density at radius 2 is 1.88 bits per heavy atom. The van der Waals surface area contributed by atoms with Crippen molar-refractivity contribution in [1.29, 1.82) is 5.26 Å². The molecule has 3 aromatic rings.